The van der Waals surface area contributed by atoms with Gasteiger partial charge in [0.1, 0.15) is 30.1 Å². The second kappa shape index (κ2) is 14.5. The molecule has 7 N–H and O–H groups in total. The lowest BCUT2D eigenvalue weighted by molar-refractivity contribution is -0.160. The Morgan fingerprint density at radius 2 is 1.68 bits per heavy atom. The summed E-state index contributed by atoms with van der Waals surface area (Å²) in [5, 5.41) is 31.2. The molecule has 4 unspecified atom stereocenters. The van der Waals surface area contributed by atoms with Crippen molar-refractivity contribution < 1.29 is 34.4 Å². The summed E-state index contributed by atoms with van der Waals surface area (Å²) < 4.78 is 10.4. The van der Waals surface area contributed by atoms with Crippen LogP contribution in [-0.4, -0.2) is 68.9 Å². The lowest BCUT2D eigenvalue weighted by Gasteiger charge is -2.33. The molecule has 0 saturated carbocycles. The van der Waals surface area contributed by atoms with Gasteiger partial charge in [0.25, 0.3) is 0 Å². The number of aromatic hydroxyl groups is 1. The third-order valence-electron chi connectivity index (χ3n) is 5.57. The summed E-state index contributed by atoms with van der Waals surface area (Å²) in [4.78, 5) is 25.2. The van der Waals surface area contributed by atoms with Crippen LogP contribution in [0.3, 0.4) is 0 Å². The molecule has 1 amide bonds. The highest BCUT2D eigenvalue weighted by Crippen LogP contribution is 2.17. The Morgan fingerprint density at radius 3 is 2.29 bits per heavy atom. The molecule has 38 heavy (non-hydrogen) atoms. The molecule has 0 heterocycles. The summed E-state index contributed by atoms with van der Waals surface area (Å²) in [7, 11) is 0. The first-order valence-corrected chi connectivity index (χ1v) is 12.4. The molecule has 0 aliphatic heterocycles. The number of aliphatic hydroxyl groups excluding tert-OH is 2. The first kappa shape index (κ1) is 30.8. The number of nitrogens with zero attached hydrogens (tertiary/aromatic N) is 1. The van der Waals surface area contributed by atoms with E-state index in [2.05, 4.69) is 0 Å². The fraction of sp³-hybridized carbons (Fsp3) is 0.429. The van der Waals surface area contributed by atoms with Crippen molar-refractivity contribution in [2.45, 2.75) is 69.9 Å². The molecule has 0 fully saturated rings. The molecule has 0 saturated heterocycles. The fourth-order valence-corrected chi connectivity index (χ4v) is 3.54. The molecular weight excluding hydrogens is 490 g/mol. The zero-order chi connectivity index (χ0) is 28.3. The first-order valence-electron chi connectivity index (χ1n) is 12.4. The maximum absolute atomic E-state index is 12.7. The van der Waals surface area contributed by atoms with Crippen LogP contribution in [0, 0.1) is 0 Å². The van der Waals surface area contributed by atoms with Crippen molar-refractivity contribution in [3.05, 3.63) is 71.8 Å². The third kappa shape index (κ3) is 10.5. The monoisotopic (exact) mass is 529 g/mol. The minimum absolute atomic E-state index is 0.0920. The lowest BCUT2D eigenvalue weighted by atomic mass is 9.96. The van der Waals surface area contributed by atoms with Gasteiger partial charge in [-0.2, -0.15) is 0 Å². The van der Waals surface area contributed by atoms with E-state index in [4.69, 9.17) is 21.1 Å². The number of benzene rings is 2. The van der Waals surface area contributed by atoms with Crippen molar-refractivity contribution in [1.82, 2.24) is 5.01 Å². The zero-order valence-electron chi connectivity index (χ0n) is 22.1. The van der Waals surface area contributed by atoms with Gasteiger partial charge < -0.3 is 30.5 Å². The maximum Gasteiger partial charge on any atom is 0.424 e. The van der Waals surface area contributed by atoms with Gasteiger partial charge in [-0.1, -0.05) is 54.6 Å². The summed E-state index contributed by atoms with van der Waals surface area (Å²) in [6.07, 6.45) is 1.16. The Morgan fingerprint density at radius 1 is 1.05 bits per heavy atom. The maximum atomic E-state index is 12.7. The predicted octanol–water partition coefficient (Wildman–Crippen LogP) is 2.50. The van der Waals surface area contributed by atoms with E-state index in [1.165, 1.54) is 0 Å². The molecule has 0 aliphatic carbocycles. The standard InChI is InChI=1S/C28H39N3O7/c1-28(2,3)38-26(35)24(29)25(34)23(17-20-10-5-4-6-11-20)31(30)27(36)37-18-22(33)12-8-7-9-19-13-15-21(32)16-14-19/h4-7,9-11,13-16,22-25,32-34H,8,12,17-18,29-30H2,1-3H3. The van der Waals surface area contributed by atoms with Crippen LogP contribution < -0.4 is 11.6 Å². The highest BCUT2D eigenvalue weighted by Gasteiger charge is 2.38. The van der Waals surface area contributed by atoms with Crippen LogP contribution >= 0.6 is 0 Å². The fourth-order valence-electron chi connectivity index (χ4n) is 3.54. The van der Waals surface area contributed by atoms with Gasteiger partial charge in [-0.05, 0) is 63.3 Å². The van der Waals surface area contributed by atoms with Gasteiger partial charge >= 0.3 is 12.1 Å². The van der Waals surface area contributed by atoms with Gasteiger partial charge in [0.05, 0.1) is 12.1 Å². The van der Waals surface area contributed by atoms with E-state index in [-0.39, 0.29) is 18.8 Å². The number of hydrazine groups is 1. The van der Waals surface area contributed by atoms with Crippen LogP contribution in [0.4, 0.5) is 4.79 Å². The number of aliphatic hydroxyl groups is 2. The van der Waals surface area contributed by atoms with Crippen LogP contribution in [0.5, 0.6) is 5.75 Å². The molecule has 208 valence electrons. The summed E-state index contributed by atoms with van der Waals surface area (Å²) >= 11 is 0. The van der Waals surface area contributed by atoms with Gasteiger partial charge in [0.15, 0.2) is 0 Å². The van der Waals surface area contributed by atoms with E-state index in [1.54, 1.807) is 69.3 Å². The number of ether oxygens (including phenoxy) is 2. The lowest BCUT2D eigenvalue weighted by Crippen LogP contribution is -2.60. The first-order chi connectivity index (χ1) is 17.9. The molecule has 0 spiro atoms. The predicted molar refractivity (Wildman–Crippen MR) is 144 cm³/mol. The van der Waals surface area contributed by atoms with E-state index in [0.717, 1.165) is 11.1 Å². The number of hydrogen-bond donors (Lipinski definition) is 5. The Kier molecular flexibility index (Phi) is 11.7. The average molecular weight is 530 g/mol. The Balaban J connectivity index is 1.97. The molecule has 0 radical (unpaired) electrons. The molecule has 2 aromatic rings. The van der Waals surface area contributed by atoms with Crippen molar-refractivity contribution >= 4 is 18.1 Å². The van der Waals surface area contributed by atoms with Crippen molar-refractivity contribution in [3.63, 3.8) is 0 Å². The minimum atomic E-state index is -1.56. The van der Waals surface area contributed by atoms with Crippen molar-refractivity contribution in [1.29, 1.82) is 0 Å². The summed E-state index contributed by atoms with van der Waals surface area (Å²) in [5.41, 5.74) is 6.81. The normalized spacial score (nSPS) is 14.9. The van der Waals surface area contributed by atoms with Crippen LogP contribution in [0.25, 0.3) is 6.08 Å². The number of nitrogens with two attached hydrogens (primary N) is 2. The van der Waals surface area contributed by atoms with Crippen LogP contribution in [0.15, 0.2) is 60.7 Å². The number of allylic oxidation sites excluding steroid dienone is 1. The molecule has 0 bridgehead atoms. The SMILES string of the molecule is CC(C)(C)OC(=O)C(N)C(O)C(Cc1ccccc1)N(N)C(=O)OCC(O)CCC=Cc1ccc(O)cc1. The number of carbonyl (C=O) groups is 2. The minimum Gasteiger partial charge on any atom is -0.508 e. The number of rotatable bonds is 12. The molecule has 0 aliphatic rings. The van der Waals surface area contributed by atoms with Gasteiger partial charge in [-0.3, -0.25) is 4.79 Å². The molecule has 0 aromatic heterocycles. The molecule has 10 heteroatoms. The zero-order valence-corrected chi connectivity index (χ0v) is 22.1. The van der Waals surface area contributed by atoms with E-state index in [0.29, 0.717) is 17.9 Å². The van der Waals surface area contributed by atoms with Crippen LogP contribution in [0.2, 0.25) is 0 Å². The largest absolute Gasteiger partial charge is 0.508 e. The number of hydrogen-bond acceptors (Lipinski definition) is 9. The quantitative estimate of drug-likeness (QED) is 0.120. The number of phenols is 1. The van der Waals surface area contributed by atoms with E-state index >= 15 is 0 Å². The Bertz CT molecular complexity index is 1040. The van der Waals surface area contributed by atoms with E-state index in [1.807, 2.05) is 18.2 Å². The topological polar surface area (TPSA) is 169 Å². The molecule has 2 rings (SSSR count). The van der Waals surface area contributed by atoms with E-state index < -0.39 is 42.0 Å². The Labute approximate surface area is 223 Å². The Hall–Kier alpha value is -3.44. The summed E-state index contributed by atoms with van der Waals surface area (Å²) in [6, 6.07) is 13.1. The second-order valence-electron chi connectivity index (χ2n) is 10.0. The third-order valence-corrected chi connectivity index (χ3v) is 5.57. The number of carbonyl (C=O) groups excluding carboxylic acids is 2. The van der Waals surface area contributed by atoms with Gasteiger partial charge in [-0.15, -0.1) is 0 Å². The van der Waals surface area contributed by atoms with Crippen molar-refractivity contribution in [2.75, 3.05) is 6.61 Å². The molecule has 4 atom stereocenters. The summed E-state index contributed by atoms with van der Waals surface area (Å²) in [6.45, 7) is 4.71. The van der Waals surface area contributed by atoms with Gasteiger partial charge in [0, 0.05) is 0 Å². The smallest absolute Gasteiger partial charge is 0.424 e. The van der Waals surface area contributed by atoms with Gasteiger partial charge in [0.2, 0.25) is 0 Å². The van der Waals surface area contributed by atoms with Gasteiger partial charge in [-0.25, -0.2) is 15.6 Å². The highest BCUT2D eigenvalue weighted by molar-refractivity contribution is 5.77. The van der Waals surface area contributed by atoms with Crippen LogP contribution in [-0.2, 0) is 20.7 Å². The average Bonchev–Trinajstić information content (AvgIpc) is 2.87. The van der Waals surface area contributed by atoms with Crippen LogP contribution in [0.1, 0.15) is 44.7 Å². The van der Waals surface area contributed by atoms with Crippen molar-refractivity contribution in [3.8, 4) is 5.75 Å². The number of amides is 1. The van der Waals surface area contributed by atoms with E-state index in [9.17, 15) is 24.9 Å². The van der Waals surface area contributed by atoms with Crippen molar-refractivity contribution in [2.24, 2.45) is 11.6 Å². The highest BCUT2D eigenvalue weighted by atomic mass is 16.6. The second-order valence-corrected chi connectivity index (χ2v) is 10.0. The molecular formula is C28H39N3O7. The number of esters is 1. The molecule has 2 aromatic carbocycles. The summed E-state index contributed by atoms with van der Waals surface area (Å²) in [5.74, 6) is 5.39. The number of phenolic OH excluding ortho intramolecular Hbond substituents is 1. The molecule has 10 nitrogen and oxygen atoms in total.